The zero-order valence-corrected chi connectivity index (χ0v) is 8.84. The van der Waals surface area contributed by atoms with E-state index in [-0.39, 0.29) is 0 Å². The molecule has 0 aromatic heterocycles. The van der Waals surface area contributed by atoms with Gasteiger partial charge in [-0.2, -0.15) is 11.8 Å². The summed E-state index contributed by atoms with van der Waals surface area (Å²) in [7, 11) is 0. The van der Waals surface area contributed by atoms with Gasteiger partial charge >= 0.3 is 0 Å². The monoisotopic (exact) mass is 175 g/mol. The molecule has 0 aromatic carbocycles. The van der Waals surface area contributed by atoms with Gasteiger partial charge in [0.1, 0.15) is 0 Å². The molecule has 0 saturated carbocycles. The largest absolute Gasteiger partial charge is 0.313 e. The van der Waals surface area contributed by atoms with Crippen LogP contribution < -0.4 is 5.32 Å². The first-order valence-corrected chi connectivity index (χ1v) is 5.93. The van der Waals surface area contributed by atoms with E-state index in [1.54, 1.807) is 0 Å². The molecule has 68 valence electrons. The van der Waals surface area contributed by atoms with Gasteiger partial charge in [-0.1, -0.05) is 19.8 Å². The first-order valence-electron chi connectivity index (χ1n) is 4.53. The minimum Gasteiger partial charge on any atom is -0.313 e. The van der Waals surface area contributed by atoms with E-state index in [0.717, 1.165) is 6.54 Å². The molecule has 0 aliphatic carbocycles. The van der Waals surface area contributed by atoms with Gasteiger partial charge in [-0.25, -0.2) is 0 Å². The van der Waals surface area contributed by atoms with E-state index in [4.69, 9.17) is 0 Å². The smallest absolute Gasteiger partial charge is 0.00554 e. The molecule has 0 aliphatic heterocycles. The van der Waals surface area contributed by atoms with Crippen molar-refractivity contribution < 1.29 is 0 Å². The molecule has 0 aromatic rings. The summed E-state index contributed by atoms with van der Waals surface area (Å²) in [6, 6.07) is 0.710. The maximum Gasteiger partial charge on any atom is 0.00554 e. The van der Waals surface area contributed by atoms with E-state index in [1.807, 2.05) is 11.8 Å². The summed E-state index contributed by atoms with van der Waals surface area (Å²) < 4.78 is 0. The van der Waals surface area contributed by atoms with Crippen molar-refractivity contribution in [3.05, 3.63) is 0 Å². The van der Waals surface area contributed by atoms with Gasteiger partial charge in [0.2, 0.25) is 0 Å². The Morgan fingerprint density at radius 1 is 1.45 bits per heavy atom. The topological polar surface area (TPSA) is 12.0 Å². The van der Waals surface area contributed by atoms with Crippen molar-refractivity contribution in [2.24, 2.45) is 0 Å². The first kappa shape index (κ1) is 11.3. The highest BCUT2D eigenvalue weighted by Gasteiger charge is 1.97. The summed E-state index contributed by atoms with van der Waals surface area (Å²) in [5, 5.41) is 3.50. The van der Waals surface area contributed by atoms with Crippen LogP contribution in [0.3, 0.4) is 0 Å². The zero-order chi connectivity index (χ0) is 8.53. The van der Waals surface area contributed by atoms with Crippen LogP contribution in [0.1, 0.15) is 33.1 Å². The van der Waals surface area contributed by atoms with Crippen molar-refractivity contribution in [3.63, 3.8) is 0 Å². The first-order chi connectivity index (χ1) is 5.31. The third-order valence-electron chi connectivity index (χ3n) is 1.79. The average Bonchev–Trinajstić information content (AvgIpc) is 2.01. The van der Waals surface area contributed by atoms with Crippen molar-refractivity contribution in [1.82, 2.24) is 5.32 Å². The Hall–Kier alpha value is 0.310. The molecule has 0 saturated heterocycles. The van der Waals surface area contributed by atoms with Crippen molar-refractivity contribution >= 4 is 11.8 Å². The van der Waals surface area contributed by atoms with Crippen molar-refractivity contribution in [1.29, 1.82) is 0 Å². The molecule has 0 amide bonds. The highest BCUT2D eigenvalue weighted by atomic mass is 32.2. The van der Waals surface area contributed by atoms with Gasteiger partial charge in [-0.3, -0.25) is 0 Å². The van der Waals surface area contributed by atoms with Crippen LogP contribution in [0.4, 0.5) is 0 Å². The van der Waals surface area contributed by atoms with Crippen LogP contribution in [0.5, 0.6) is 0 Å². The number of nitrogens with one attached hydrogen (secondary N) is 1. The number of rotatable bonds is 7. The van der Waals surface area contributed by atoms with Gasteiger partial charge in [0.05, 0.1) is 0 Å². The van der Waals surface area contributed by atoms with Crippen LogP contribution in [0.25, 0.3) is 0 Å². The molecule has 1 N–H and O–H groups in total. The summed E-state index contributed by atoms with van der Waals surface area (Å²) in [5.74, 6) is 1.23. The molecule has 0 spiro atoms. The Morgan fingerprint density at radius 2 is 2.18 bits per heavy atom. The minimum absolute atomic E-state index is 0.710. The van der Waals surface area contributed by atoms with Gasteiger partial charge in [0.15, 0.2) is 0 Å². The average molecular weight is 175 g/mol. The quantitative estimate of drug-likeness (QED) is 0.597. The normalized spacial score (nSPS) is 13.4. The lowest BCUT2D eigenvalue weighted by Crippen LogP contribution is -2.27. The van der Waals surface area contributed by atoms with Crippen LogP contribution in [0.2, 0.25) is 0 Å². The Balaban J connectivity index is 3.02. The summed E-state index contributed by atoms with van der Waals surface area (Å²) >= 11 is 1.90. The Bertz CT molecular complexity index is 76.0. The number of hydrogen-bond acceptors (Lipinski definition) is 2. The summed E-state index contributed by atoms with van der Waals surface area (Å²) in [6.07, 6.45) is 6.14. The molecule has 0 aliphatic rings. The SMILES string of the molecule is CCCCC(C)NCCSC. The lowest BCUT2D eigenvalue weighted by molar-refractivity contribution is 0.511. The van der Waals surface area contributed by atoms with Crippen molar-refractivity contribution in [3.8, 4) is 0 Å². The lowest BCUT2D eigenvalue weighted by atomic mass is 10.1. The van der Waals surface area contributed by atoms with Gasteiger partial charge in [0, 0.05) is 18.3 Å². The van der Waals surface area contributed by atoms with E-state index < -0.39 is 0 Å². The summed E-state index contributed by atoms with van der Waals surface area (Å²) in [4.78, 5) is 0. The fourth-order valence-corrected chi connectivity index (χ4v) is 1.34. The van der Waals surface area contributed by atoms with E-state index >= 15 is 0 Å². The molecule has 1 unspecified atom stereocenters. The zero-order valence-electron chi connectivity index (χ0n) is 8.02. The fraction of sp³-hybridized carbons (Fsp3) is 1.00. The van der Waals surface area contributed by atoms with Crippen molar-refractivity contribution in [2.75, 3.05) is 18.6 Å². The second-order valence-electron chi connectivity index (χ2n) is 2.99. The van der Waals surface area contributed by atoms with Crippen LogP contribution in [0, 0.1) is 0 Å². The molecule has 0 fully saturated rings. The third kappa shape index (κ3) is 8.21. The van der Waals surface area contributed by atoms with Crippen LogP contribution in [-0.2, 0) is 0 Å². The van der Waals surface area contributed by atoms with Crippen LogP contribution in [-0.4, -0.2) is 24.6 Å². The van der Waals surface area contributed by atoms with E-state index in [0.29, 0.717) is 6.04 Å². The maximum atomic E-state index is 3.50. The predicted molar refractivity (Wildman–Crippen MR) is 55.4 cm³/mol. The molecule has 2 heteroatoms. The van der Waals surface area contributed by atoms with E-state index in [2.05, 4.69) is 25.4 Å². The van der Waals surface area contributed by atoms with Crippen molar-refractivity contribution in [2.45, 2.75) is 39.2 Å². The molecular weight excluding hydrogens is 154 g/mol. The molecular formula is C9H21NS. The summed E-state index contributed by atoms with van der Waals surface area (Å²) in [6.45, 7) is 5.68. The standard InChI is InChI=1S/C9H21NS/c1-4-5-6-9(2)10-7-8-11-3/h9-10H,4-8H2,1-3H3. The summed E-state index contributed by atoms with van der Waals surface area (Å²) in [5.41, 5.74) is 0. The number of thioether (sulfide) groups is 1. The highest BCUT2D eigenvalue weighted by Crippen LogP contribution is 1.99. The minimum atomic E-state index is 0.710. The maximum absolute atomic E-state index is 3.50. The molecule has 1 nitrogen and oxygen atoms in total. The van der Waals surface area contributed by atoms with Gasteiger partial charge < -0.3 is 5.32 Å². The molecule has 1 atom stereocenters. The van der Waals surface area contributed by atoms with Crippen LogP contribution >= 0.6 is 11.8 Å². The van der Waals surface area contributed by atoms with Gasteiger partial charge in [-0.15, -0.1) is 0 Å². The Morgan fingerprint density at radius 3 is 2.73 bits per heavy atom. The third-order valence-corrected chi connectivity index (χ3v) is 2.40. The lowest BCUT2D eigenvalue weighted by Gasteiger charge is -2.11. The number of hydrogen-bond donors (Lipinski definition) is 1. The second-order valence-corrected chi connectivity index (χ2v) is 3.98. The molecule has 11 heavy (non-hydrogen) atoms. The van der Waals surface area contributed by atoms with Gasteiger partial charge in [0.25, 0.3) is 0 Å². The Kier molecular flexibility index (Phi) is 8.64. The number of unbranched alkanes of at least 4 members (excludes halogenated alkanes) is 1. The van der Waals surface area contributed by atoms with Crippen LogP contribution in [0.15, 0.2) is 0 Å². The van der Waals surface area contributed by atoms with Gasteiger partial charge in [-0.05, 0) is 19.6 Å². The molecule has 0 radical (unpaired) electrons. The van der Waals surface area contributed by atoms with E-state index in [9.17, 15) is 0 Å². The predicted octanol–water partition coefficient (Wildman–Crippen LogP) is 2.52. The Labute approximate surface area is 75.3 Å². The molecule has 0 rings (SSSR count). The second kappa shape index (κ2) is 8.41. The molecule has 0 bridgehead atoms. The van der Waals surface area contributed by atoms with E-state index in [1.165, 1.54) is 25.0 Å². The molecule has 0 heterocycles. The highest BCUT2D eigenvalue weighted by molar-refractivity contribution is 7.98. The fourth-order valence-electron chi connectivity index (χ4n) is 1.02.